The van der Waals surface area contributed by atoms with E-state index in [2.05, 4.69) is 16.4 Å². The largest absolute Gasteiger partial charge is 0.378 e. The lowest BCUT2D eigenvalue weighted by atomic mass is 10.2. The first kappa shape index (κ1) is 12.9. The minimum atomic E-state index is 0.650. The number of anilines is 1. The van der Waals surface area contributed by atoms with E-state index in [1.165, 1.54) is 0 Å². The van der Waals surface area contributed by atoms with Crippen LogP contribution < -0.4 is 5.32 Å². The van der Waals surface area contributed by atoms with Gasteiger partial charge >= 0.3 is 0 Å². The lowest BCUT2D eigenvalue weighted by Crippen LogP contribution is -2.02. The molecule has 2 rings (SSSR count). The number of nitriles is 1. The molecule has 1 heterocycles. The van der Waals surface area contributed by atoms with Crippen LogP contribution in [0.5, 0.6) is 0 Å². The molecule has 0 unspecified atom stereocenters. The van der Waals surface area contributed by atoms with Gasteiger partial charge in [0.05, 0.1) is 28.5 Å². The number of hydrogen-bond acceptors (Lipinski definition) is 5. The topological polar surface area (TPSA) is 48.7 Å². The molecule has 0 saturated carbocycles. The number of nitrogens with zero attached hydrogens (tertiary/aromatic N) is 2. The molecule has 0 fully saturated rings. The van der Waals surface area contributed by atoms with Gasteiger partial charge in [0.15, 0.2) is 0 Å². The van der Waals surface area contributed by atoms with Crippen molar-refractivity contribution < 1.29 is 0 Å². The predicted octanol–water partition coefficient (Wildman–Crippen LogP) is 3.66. The zero-order chi connectivity index (χ0) is 13.0. The number of nitrogens with one attached hydrogen (secondary N) is 1. The molecule has 2 aromatic rings. The SMILES string of the molecule is CSc1cccc(NCc2csc(C)n2)c1C#N. The Morgan fingerprint density at radius 2 is 2.33 bits per heavy atom. The van der Waals surface area contributed by atoms with E-state index in [1.54, 1.807) is 23.1 Å². The highest BCUT2D eigenvalue weighted by Gasteiger charge is 2.07. The highest BCUT2D eigenvalue weighted by molar-refractivity contribution is 7.98. The van der Waals surface area contributed by atoms with Crippen LogP contribution in [0.3, 0.4) is 0 Å². The zero-order valence-electron chi connectivity index (χ0n) is 10.2. The van der Waals surface area contributed by atoms with Gasteiger partial charge in [-0.3, -0.25) is 0 Å². The average Bonchev–Trinajstić information content (AvgIpc) is 2.81. The summed E-state index contributed by atoms with van der Waals surface area (Å²) in [6.45, 7) is 2.64. The van der Waals surface area contributed by atoms with Crippen LogP contribution in [0.1, 0.15) is 16.3 Å². The minimum absolute atomic E-state index is 0.650. The van der Waals surface area contributed by atoms with E-state index >= 15 is 0 Å². The average molecular weight is 275 g/mol. The van der Waals surface area contributed by atoms with Crippen molar-refractivity contribution in [2.75, 3.05) is 11.6 Å². The van der Waals surface area contributed by atoms with Crippen molar-refractivity contribution in [2.45, 2.75) is 18.4 Å². The van der Waals surface area contributed by atoms with Gasteiger partial charge in [-0.15, -0.1) is 23.1 Å². The lowest BCUT2D eigenvalue weighted by molar-refractivity contribution is 1.05. The maximum atomic E-state index is 9.21. The van der Waals surface area contributed by atoms with Gasteiger partial charge < -0.3 is 5.32 Å². The van der Waals surface area contributed by atoms with E-state index < -0.39 is 0 Å². The number of benzene rings is 1. The van der Waals surface area contributed by atoms with Crippen LogP contribution in [0.4, 0.5) is 5.69 Å². The Morgan fingerprint density at radius 1 is 1.50 bits per heavy atom. The molecule has 0 aliphatic rings. The molecular formula is C13H13N3S2. The smallest absolute Gasteiger partial charge is 0.102 e. The first-order valence-corrected chi connectivity index (χ1v) is 7.57. The third-order valence-electron chi connectivity index (χ3n) is 2.48. The van der Waals surface area contributed by atoms with E-state index in [0.717, 1.165) is 21.3 Å². The minimum Gasteiger partial charge on any atom is -0.378 e. The van der Waals surface area contributed by atoms with Gasteiger partial charge in [-0.1, -0.05) is 6.07 Å². The second-order valence-corrected chi connectivity index (χ2v) is 5.62. The summed E-state index contributed by atoms with van der Waals surface area (Å²) in [7, 11) is 0. The Kier molecular flexibility index (Phi) is 4.24. The maximum Gasteiger partial charge on any atom is 0.102 e. The van der Waals surface area contributed by atoms with E-state index in [0.29, 0.717) is 12.1 Å². The number of rotatable bonds is 4. The Hall–Kier alpha value is -1.51. The van der Waals surface area contributed by atoms with Crippen molar-refractivity contribution in [3.63, 3.8) is 0 Å². The maximum absolute atomic E-state index is 9.21. The van der Waals surface area contributed by atoms with Crippen LogP contribution in [0.25, 0.3) is 0 Å². The summed E-state index contributed by atoms with van der Waals surface area (Å²) in [6.07, 6.45) is 1.98. The van der Waals surface area contributed by atoms with Gasteiger partial charge in [0.1, 0.15) is 6.07 Å². The lowest BCUT2D eigenvalue weighted by Gasteiger charge is -2.09. The molecule has 0 aliphatic heterocycles. The van der Waals surface area contributed by atoms with E-state index in [9.17, 15) is 5.26 Å². The van der Waals surface area contributed by atoms with E-state index in [1.807, 2.05) is 36.8 Å². The van der Waals surface area contributed by atoms with Crippen LogP contribution in [-0.4, -0.2) is 11.2 Å². The van der Waals surface area contributed by atoms with Crippen molar-refractivity contribution in [2.24, 2.45) is 0 Å². The van der Waals surface area contributed by atoms with Crippen molar-refractivity contribution in [3.8, 4) is 6.07 Å². The summed E-state index contributed by atoms with van der Waals surface area (Å²) in [4.78, 5) is 5.39. The molecule has 5 heteroatoms. The van der Waals surface area contributed by atoms with Crippen LogP contribution in [0, 0.1) is 18.3 Å². The Bertz CT molecular complexity index is 584. The first-order chi connectivity index (χ1) is 8.74. The molecule has 0 bridgehead atoms. The van der Waals surface area contributed by atoms with Crippen LogP contribution in [0.2, 0.25) is 0 Å². The van der Waals surface area contributed by atoms with Crippen LogP contribution in [-0.2, 0) is 6.54 Å². The Labute approximate surface area is 115 Å². The fourth-order valence-corrected chi connectivity index (χ4v) is 2.83. The predicted molar refractivity (Wildman–Crippen MR) is 77.1 cm³/mol. The van der Waals surface area contributed by atoms with Crippen LogP contribution in [0.15, 0.2) is 28.5 Å². The van der Waals surface area contributed by atoms with Crippen LogP contribution >= 0.6 is 23.1 Å². The van der Waals surface area contributed by atoms with Crippen molar-refractivity contribution in [3.05, 3.63) is 39.8 Å². The van der Waals surface area contributed by atoms with E-state index in [4.69, 9.17) is 0 Å². The summed E-state index contributed by atoms with van der Waals surface area (Å²) in [6, 6.07) is 8.10. The summed E-state index contributed by atoms with van der Waals surface area (Å²) < 4.78 is 0. The molecule has 0 atom stereocenters. The van der Waals surface area contributed by atoms with Gasteiger partial charge in [-0.2, -0.15) is 5.26 Å². The molecule has 1 aromatic heterocycles. The second kappa shape index (κ2) is 5.89. The molecule has 3 nitrogen and oxygen atoms in total. The molecular weight excluding hydrogens is 262 g/mol. The van der Waals surface area contributed by atoms with E-state index in [-0.39, 0.29) is 0 Å². The molecule has 1 aromatic carbocycles. The molecule has 0 aliphatic carbocycles. The number of hydrogen-bond donors (Lipinski definition) is 1. The summed E-state index contributed by atoms with van der Waals surface area (Å²) in [5, 5.41) is 15.6. The molecule has 0 saturated heterocycles. The first-order valence-electron chi connectivity index (χ1n) is 5.46. The van der Waals surface area contributed by atoms with Crippen molar-refractivity contribution >= 4 is 28.8 Å². The van der Waals surface area contributed by atoms with Crippen molar-refractivity contribution in [1.82, 2.24) is 4.98 Å². The van der Waals surface area contributed by atoms with Crippen molar-refractivity contribution in [1.29, 1.82) is 5.26 Å². The fraction of sp³-hybridized carbons (Fsp3) is 0.231. The van der Waals surface area contributed by atoms with Gasteiger partial charge in [-0.25, -0.2) is 4.98 Å². The highest BCUT2D eigenvalue weighted by atomic mass is 32.2. The second-order valence-electron chi connectivity index (χ2n) is 3.71. The van der Waals surface area contributed by atoms with Gasteiger partial charge in [0, 0.05) is 10.3 Å². The standard InChI is InChI=1S/C13H13N3S2/c1-9-16-10(8-18-9)7-15-12-4-3-5-13(17-2)11(12)6-14/h3-5,8,15H,7H2,1-2H3. The monoisotopic (exact) mass is 275 g/mol. The molecule has 1 N–H and O–H groups in total. The Morgan fingerprint density at radius 3 is 2.94 bits per heavy atom. The van der Waals surface area contributed by atoms with Gasteiger partial charge in [-0.05, 0) is 25.3 Å². The third-order valence-corrected chi connectivity index (χ3v) is 4.09. The zero-order valence-corrected chi connectivity index (χ0v) is 11.9. The number of thioether (sulfide) groups is 1. The highest BCUT2D eigenvalue weighted by Crippen LogP contribution is 2.26. The molecule has 0 spiro atoms. The third kappa shape index (κ3) is 2.84. The quantitative estimate of drug-likeness (QED) is 0.865. The molecule has 18 heavy (non-hydrogen) atoms. The fourth-order valence-electron chi connectivity index (χ4n) is 1.64. The molecule has 0 amide bonds. The van der Waals surface area contributed by atoms with Gasteiger partial charge in [0.25, 0.3) is 0 Å². The number of aromatic nitrogens is 1. The Balaban J connectivity index is 2.17. The normalized spacial score (nSPS) is 10.1. The number of thiazole rings is 1. The van der Waals surface area contributed by atoms with Gasteiger partial charge in [0.2, 0.25) is 0 Å². The number of aryl methyl sites for hydroxylation is 1. The molecule has 92 valence electrons. The summed E-state index contributed by atoms with van der Waals surface area (Å²) in [5.74, 6) is 0. The summed E-state index contributed by atoms with van der Waals surface area (Å²) >= 11 is 3.22. The molecule has 0 radical (unpaired) electrons. The summed E-state index contributed by atoms with van der Waals surface area (Å²) in [5.41, 5.74) is 2.59.